The first-order valence-electron chi connectivity index (χ1n) is 7.60. The topological polar surface area (TPSA) is 52.3 Å². The Hall–Kier alpha value is -1.88. The molecule has 24 heavy (non-hydrogen) atoms. The zero-order valence-corrected chi connectivity index (χ0v) is 14.6. The number of nitrogens with zero attached hydrogens (tertiary/aromatic N) is 1. The fourth-order valence-electron chi connectivity index (χ4n) is 2.83. The number of anilines is 1. The number of hydrogen-bond donors (Lipinski definition) is 2. The van der Waals surface area contributed by atoms with Crippen molar-refractivity contribution in [2.75, 3.05) is 18.5 Å². The van der Waals surface area contributed by atoms with Gasteiger partial charge < -0.3 is 10.4 Å². The van der Waals surface area contributed by atoms with Gasteiger partial charge in [-0.2, -0.15) is 0 Å². The monoisotopic (exact) mass is 363 g/mol. The number of halogens is 2. The predicted octanol–water partition coefficient (Wildman–Crippen LogP) is 3.18. The van der Waals surface area contributed by atoms with E-state index in [1.54, 1.807) is 24.3 Å². The van der Waals surface area contributed by atoms with Crippen molar-refractivity contribution >= 4 is 40.5 Å². The third kappa shape index (κ3) is 3.18. The third-order valence-corrected chi connectivity index (χ3v) is 4.60. The summed E-state index contributed by atoms with van der Waals surface area (Å²) in [6, 6.07) is 12.5. The zero-order chi connectivity index (χ0) is 17.3. The molecule has 0 fully saturated rings. The molecule has 0 bridgehead atoms. The molecule has 1 unspecified atom stereocenters. The minimum atomic E-state index is -0.257. The van der Waals surface area contributed by atoms with Gasteiger partial charge in [0, 0.05) is 5.02 Å². The SMILES string of the molecule is CC(CO)[N+]1=C(c2ccccc2Cl)c2cc(Cl)ccc2NC(=O)C1. The molecule has 0 aliphatic carbocycles. The van der Waals surface area contributed by atoms with Crippen LogP contribution in [0.3, 0.4) is 0 Å². The van der Waals surface area contributed by atoms with Crippen molar-refractivity contribution in [2.24, 2.45) is 0 Å². The first-order valence-corrected chi connectivity index (χ1v) is 8.36. The summed E-state index contributed by atoms with van der Waals surface area (Å²) in [5.41, 5.74) is 3.02. The van der Waals surface area contributed by atoms with E-state index < -0.39 is 0 Å². The largest absolute Gasteiger partial charge is 0.389 e. The average Bonchev–Trinajstić information content (AvgIpc) is 2.70. The maximum atomic E-state index is 12.3. The molecule has 1 aliphatic rings. The van der Waals surface area contributed by atoms with E-state index in [0.29, 0.717) is 15.7 Å². The van der Waals surface area contributed by atoms with Crippen molar-refractivity contribution in [1.82, 2.24) is 0 Å². The molecule has 1 heterocycles. The molecule has 3 rings (SSSR count). The van der Waals surface area contributed by atoms with Gasteiger partial charge in [-0.3, -0.25) is 4.79 Å². The number of fused-ring (bicyclic) bond motifs is 1. The van der Waals surface area contributed by atoms with Crippen molar-refractivity contribution in [1.29, 1.82) is 0 Å². The minimum absolute atomic E-state index is 0.0862. The summed E-state index contributed by atoms with van der Waals surface area (Å²) in [5, 5.41) is 13.7. The van der Waals surface area contributed by atoms with Gasteiger partial charge in [-0.1, -0.05) is 35.3 Å². The molecule has 2 N–H and O–H groups in total. The van der Waals surface area contributed by atoms with E-state index in [4.69, 9.17) is 23.2 Å². The highest BCUT2D eigenvalue weighted by atomic mass is 35.5. The van der Waals surface area contributed by atoms with Crippen molar-refractivity contribution in [2.45, 2.75) is 13.0 Å². The number of carbonyl (C=O) groups excluding carboxylic acids is 1. The van der Waals surface area contributed by atoms with Gasteiger partial charge in [-0.25, -0.2) is 4.58 Å². The van der Waals surface area contributed by atoms with Crippen LogP contribution in [0.4, 0.5) is 5.69 Å². The maximum Gasteiger partial charge on any atom is 0.289 e. The summed E-state index contributed by atoms with van der Waals surface area (Å²) in [6.07, 6.45) is 0. The van der Waals surface area contributed by atoms with Gasteiger partial charge in [-0.15, -0.1) is 0 Å². The van der Waals surface area contributed by atoms with Gasteiger partial charge in [0.05, 0.1) is 21.8 Å². The van der Waals surface area contributed by atoms with Crippen LogP contribution < -0.4 is 5.32 Å². The summed E-state index contributed by atoms with van der Waals surface area (Å²) < 4.78 is 1.86. The van der Waals surface area contributed by atoms with Gasteiger partial charge in [-0.05, 0) is 37.3 Å². The van der Waals surface area contributed by atoms with Crippen LogP contribution >= 0.6 is 23.2 Å². The van der Waals surface area contributed by atoms with E-state index in [1.165, 1.54) is 0 Å². The highest BCUT2D eigenvalue weighted by Crippen LogP contribution is 2.29. The van der Waals surface area contributed by atoms with Gasteiger partial charge in [0.2, 0.25) is 12.3 Å². The van der Waals surface area contributed by atoms with Crippen molar-refractivity contribution < 1.29 is 14.5 Å². The molecule has 0 spiro atoms. The number of rotatable bonds is 3. The predicted molar refractivity (Wildman–Crippen MR) is 96.4 cm³/mol. The summed E-state index contributed by atoms with van der Waals surface area (Å²) in [6.45, 7) is 1.89. The summed E-state index contributed by atoms with van der Waals surface area (Å²) in [4.78, 5) is 12.3. The van der Waals surface area contributed by atoms with Crippen LogP contribution in [0.25, 0.3) is 0 Å². The molecular weight excluding hydrogens is 347 g/mol. The van der Waals surface area contributed by atoms with Crippen molar-refractivity contribution in [3.05, 3.63) is 63.6 Å². The average molecular weight is 364 g/mol. The molecule has 0 saturated carbocycles. The smallest absolute Gasteiger partial charge is 0.289 e. The molecule has 0 radical (unpaired) electrons. The lowest BCUT2D eigenvalue weighted by molar-refractivity contribution is -0.553. The van der Waals surface area contributed by atoms with Crippen LogP contribution in [0.1, 0.15) is 18.1 Å². The highest BCUT2D eigenvalue weighted by molar-refractivity contribution is 6.36. The van der Waals surface area contributed by atoms with Gasteiger partial charge in [0.15, 0.2) is 6.04 Å². The minimum Gasteiger partial charge on any atom is -0.389 e. The molecule has 0 aromatic heterocycles. The van der Waals surface area contributed by atoms with Gasteiger partial charge in [0.25, 0.3) is 5.91 Å². The lowest BCUT2D eigenvalue weighted by Crippen LogP contribution is -2.36. The quantitative estimate of drug-likeness (QED) is 0.822. The second-order valence-corrected chi connectivity index (χ2v) is 6.57. The lowest BCUT2D eigenvalue weighted by Gasteiger charge is -2.14. The highest BCUT2D eigenvalue weighted by Gasteiger charge is 2.32. The molecule has 2 aromatic carbocycles. The Bertz CT molecular complexity index is 834. The molecule has 4 nitrogen and oxygen atoms in total. The molecule has 6 heteroatoms. The second-order valence-electron chi connectivity index (χ2n) is 5.73. The number of nitrogens with one attached hydrogen (secondary N) is 1. The normalized spacial score (nSPS) is 15.6. The Morgan fingerprint density at radius 3 is 2.67 bits per heavy atom. The Labute approximate surface area is 150 Å². The number of amides is 1. The van der Waals surface area contributed by atoms with Gasteiger partial charge >= 0.3 is 0 Å². The summed E-state index contributed by atoms with van der Waals surface area (Å²) in [7, 11) is 0. The molecule has 124 valence electrons. The van der Waals surface area contributed by atoms with Gasteiger partial charge in [0.1, 0.15) is 6.61 Å². The third-order valence-electron chi connectivity index (χ3n) is 4.04. The van der Waals surface area contributed by atoms with E-state index >= 15 is 0 Å². The second kappa shape index (κ2) is 6.93. The van der Waals surface area contributed by atoms with E-state index in [-0.39, 0.29) is 25.1 Å². The Balaban J connectivity index is 2.37. The Morgan fingerprint density at radius 2 is 1.96 bits per heavy atom. The van der Waals surface area contributed by atoms with E-state index in [2.05, 4.69) is 5.32 Å². The number of aliphatic hydroxyl groups is 1. The van der Waals surface area contributed by atoms with Crippen LogP contribution in [0.2, 0.25) is 10.0 Å². The number of aliphatic hydroxyl groups excluding tert-OH is 1. The van der Waals surface area contributed by atoms with Crippen LogP contribution in [0.15, 0.2) is 42.5 Å². The van der Waals surface area contributed by atoms with Crippen LogP contribution in [-0.2, 0) is 4.79 Å². The molecule has 1 aliphatic heterocycles. The van der Waals surface area contributed by atoms with Crippen molar-refractivity contribution in [3.8, 4) is 0 Å². The first kappa shape index (κ1) is 17.0. The molecule has 1 amide bonds. The Kier molecular flexibility index (Phi) is 4.90. The molecular formula is C18H17Cl2N2O2+. The standard InChI is InChI=1S/C18H16Cl2N2O2/c1-11(10-23)22-9-17(24)21-16-7-6-12(19)8-14(16)18(22)13-4-2-3-5-15(13)20/h2-8,11,23H,9-10H2,1H3/p+1. The van der Waals surface area contributed by atoms with Crippen molar-refractivity contribution in [3.63, 3.8) is 0 Å². The lowest BCUT2D eigenvalue weighted by atomic mass is 9.99. The number of benzene rings is 2. The van der Waals surface area contributed by atoms with Crippen LogP contribution in [0.5, 0.6) is 0 Å². The molecule has 2 aromatic rings. The Morgan fingerprint density at radius 1 is 1.21 bits per heavy atom. The number of hydrogen-bond acceptors (Lipinski definition) is 2. The molecule has 1 atom stereocenters. The zero-order valence-electron chi connectivity index (χ0n) is 13.1. The van der Waals surface area contributed by atoms with Crippen LogP contribution in [0, 0.1) is 0 Å². The summed E-state index contributed by atoms with van der Waals surface area (Å²) in [5.74, 6) is -0.152. The summed E-state index contributed by atoms with van der Waals surface area (Å²) >= 11 is 12.6. The molecule has 0 saturated heterocycles. The van der Waals surface area contributed by atoms with Crippen LogP contribution in [-0.4, -0.2) is 40.5 Å². The fraction of sp³-hybridized carbons (Fsp3) is 0.222. The van der Waals surface area contributed by atoms with E-state index in [9.17, 15) is 9.90 Å². The van der Waals surface area contributed by atoms with E-state index in [0.717, 1.165) is 16.8 Å². The van der Waals surface area contributed by atoms with E-state index in [1.807, 2.05) is 29.7 Å². The number of carbonyl (C=O) groups is 1. The first-order chi connectivity index (χ1) is 11.5. The number of benzodiazepines with no additional fused rings is 1. The fourth-order valence-corrected chi connectivity index (χ4v) is 3.22. The maximum absolute atomic E-state index is 12.3.